The average molecular weight is 341 g/mol. The van der Waals surface area contributed by atoms with Crippen molar-refractivity contribution in [3.8, 4) is 11.5 Å². The molecule has 1 amide bonds. The summed E-state index contributed by atoms with van der Waals surface area (Å²) in [6, 6.07) is 3.65. The Morgan fingerprint density at radius 1 is 1.30 bits per heavy atom. The van der Waals surface area contributed by atoms with Crippen LogP contribution < -0.4 is 20.1 Å². The summed E-state index contributed by atoms with van der Waals surface area (Å²) in [5, 5.41) is 6.22. The van der Waals surface area contributed by atoms with Crippen LogP contribution in [-0.2, 0) is 4.79 Å². The fourth-order valence-electron chi connectivity index (χ4n) is 2.47. The van der Waals surface area contributed by atoms with Gasteiger partial charge in [-0.1, -0.05) is 0 Å². The highest BCUT2D eigenvalue weighted by Crippen LogP contribution is 2.38. The Labute approximate surface area is 126 Å². The van der Waals surface area contributed by atoms with Gasteiger partial charge in [0, 0.05) is 23.2 Å². The van der Waals surface area contributed by atoms with Crippen molar-refractivity contribution in [1.29, 1.82) is 0 Å². The number of rotatable bonds is 2. The van der Waals surface area contributed by atoms with Gasteiger partial charge < -0.3 is 20.1 Å². The number of nitrogens with one attached hydrogen (secondary N) is 2. The Bertz CT molecular complexity index is 515. The third-order valence-electron chi connectivity index (χ3n) is 3.56. The topological polar surface area (TPSA) is 59.6 Å². The summed E-state index contributed by atoms with van der Waals surface area (Å²) in [7, 11) is 0. The van der Waals surface area contributed by atoms with E-state index in [0.29, 0.717) is 24.7 Å². The Morgan fingerprint density at radius 3 is 2.75 bits per heavy atom. The standard InChI is InChI=1S/C14H17BrN2O3/c15-10-6-12-13(20-5-4-19-12)7-11(10)17-14(18)9-2-1-3-16-8-9/h6-7,9,16H,1-5,8H2,(H,17,18)/t9-/m1/s1. The molecule has 6 heteroatoms. The van der Waals surface area contributed by atoms with Crippen LogP contribution in [0.2, 0.25) is 0 Å². The van der Waals surface area contributed by atoms with Gasteiger partial charge in [0.05, 0.1) is 11.6 Å². The molecular formula is C14H17BrN2O3. The van der Waals surface area contributed by atoms with Gasteiger partial charge in [-0.25, -0.2) is 0 Å². The fourth-order valence-corrected chi connectivity index (χ4v) is 2.89. The summed E-state index contributed by atoms with van der Waals surface area (Å²) in [4.78, 5) is 12.2. The third kappa shape index (κ3) is 2.91. The number of hydrogen-bond acceptors (Lipinski definition) is 4. The number of fused-ring (bicyclic) bond motifs is 1. The Hall–Kier alpha value is -1.27. The van der Waals surface area contributed by atoms with Crippen molar-refractivity contribution in [1.82, 2.24) is 5.32 Å². The molecule has 1 aromatic rings. The van der Waals surface area contributed by atoms with E-state index >= 15 is 0 Å². The van der Waals surface area contributed by atoms with Crippen LogP contribution in [0.1, 0.15) is 12.8 Å². The van der Waals surface area contributed by atoms with Gasteiger partial charge in [-0.05, 0) is 35.3 Å². The first-order valence-electron chi connectivity index (χ1n) is 6.85. The Kier molecular flexibility index (Phi) is 4.12. The minimum Gasteiger partial charge on any atom is -0.486 e. The van der Waals surface area contributed by atoms with E-state index in [-0.39, 0.29) is 11.8 Å². The first-order chi connectivity index (χ1) is 9.74. The smallest absolute Gasteiger partial charge is 0.228 e. The summed E-state index contributed by atoms with van der Waals surface area (Å²) >= 11 is 3.46. The predicted octanol–water partition coefficient (Wildman–Crippen LogP) is 2.16. The molecule has 3 rings (SSSR count). The zero-order valence-corrected chi connectivity index (χ0v) is 12.7. The lowest BCUT2D eigenvalue weighted by Crippen LogP contribution is -2.37. The maximum absolute atomic E-state index is 12.2. The van der Waals surface area contributed by atoms with Crippen LogP contribution in [0.25, 0.3) is 0 Å². The number of halogens is 1. The molecule has 0 unspecified atom stereocenters. The average Bonchev–Trinajstić information content (AvgIpc) is 2.49. The molecule has 0 aliphatic carbocycles. The van der Waals surface area contributed by atoms with Crippen LogP contribution in [0.4, 0.5) is 5.69 Å². The molecule has 108 valence electrons. The van der Waals surface area contributed by atoms with Crippen LogP contribution >= 0.6 is 15.9 Å². The molecule has 0 bridgehead atoms. The van der Waals surface area contributed by atoms with Crippen molar-refractivity contribution in [3.05, 3.63) is 16.6 Å². The lowest BCUT2D eigenvalue weighted by molar-refractivity contribution is -0.120. The molecule has 5 nitrogen and oxygen atoms in total. The maximum Gasteiger partial charge on any atom is 0.228 e. The normalized spacial score (nSPS) is 21.4. The molecule has 0 spiro atoms. The van der Waals surface area contributed by atoms with Gasteiger partial charge in [0.1, 0.15) is 13.2 Å². The molecule has 1 fully saturated rings. The molecule has 20 heavy (non-hydrogen) atoms. The van der Waals surface area contributed by atoms with Crippen molar-refractivity contribution in [2.45, 2.75) is 12.8 Å². The Morgan fingerprint density at radius 2 is 2.05 bits per heavy atom. The molecule has 1 aromatic carbocycles. The molecule has 0 radical (unpaired) electrons. The largest absolute Gasteiger partial charge is 0.486 e. The van der Waals surface area contributed by atoms with Gasteiger partial charge in [-0.2, -0.15) is 0 Å². The third-order valence-corrected chi connectivity index (χ3v) is 4.21. The number of ether oxygens (including phenoxy) is 2. The number of hydrogen-bond donors (Lipinski definition) is 2. The minimum absolute atomic E-state index is 0.0313. The van der Waals surface area contributed by atoms with Gasteiger partial charge in [-0.15, -0.1) is 0 Å². The van der Waals surface area contributed by atoms with Crippen LogP contribution in [0.15, 0.2) is 16.6 Å². The minimum atomic E-state index is 0.0313. The monoisotopic (exact) mass is 340 g/mol. The quantitative estimate of drug-likeness (QED) is 0.866. The first kappa shape index (κ1) is 13.7. The van der Waals surface area contributed by atoms with Gasteiger partial charge in [-0.3, -0.25) is 4.79 Å². The van der Waals surface area contributed by atoms with E-state index in [1.54, 1.807) is 0 Å². The van der Waals surface area contributed by atoms with Crippen molar-refractivity contribution >= 4 is 27.5 Å². The highest BCUT2D eigenvalue weighted by Gasteiger charge is 2.22. The summed E-state index contributed by atoms with van der Waals surface area (Å²) in [5.74, 6) is 1.47. The maximum atomic E-state index is 12.2. The van der Waals surface area contributed by atoms with Gasteiger partial charge in [0.25, 0.3) is 0 Å². The van der Waals surface area contributed by atoms with Crippen LogP contribution in [-0.4, -0.2) is 32.2 Å². The number of carbonyl (C=O) groups is 1. The molecular weight excluding hydrogens is 324 g/mol. The number of anilines is 1. The fraction of sp³-hybridized carbons (Fsp3) is 0.500. The van der Waals surface area contributed by atoms with Crippen LogP contribution in [0.3, 0.4) is 0 Å². The summed E-state index contributed by atoms with van der Waals surface area (Å²) in [6.45, 7) is 2.83. The van der Waals surface area contributed by atoms with E-state index in [1.165, 1.54) is 0 Å². The molecule has 2 aliphatic rings. The van der Waals surface area contributed by atoms with Crippen LogP contribution in [0, 0.1) is 5.92 Å². The number of carbonyl (C=O) groups excluding carboxylic acids is 1. The van der Waals surface area contributed by atoms with E-state index in [1.807, 2.05) is 12.1 Å². The highest BCUT2D eigenvalue weighted by molar-refractivity contribution is 9.10. The van der Waals surface area contributed by atoms with Gasteiger partial charge in [0.2, 0.25) is 5.91 Å². The second kappa shape index (κ2) is 6.01. The van der Waals surface area contributed by atoms with Crippen molar-refractivity contribution in [2.24, 2.45) is 5.92 Å². The van der Waals surface area contributed by atoms with Crippen LogP contribution in [0.5, 0.6) is 11.5 Å². The lowest BCUT2D eigenvalue weighted by atomic mass is 9.99. The predicted molar refractivity (Wildman–Crippen MR) is 79.4 cm³/mol. The second-order valence-electron chi connectivity index (χ2n) is 5.01. The molecule has 2 N–H and O–H groups in total. The highest BCUT2D eigenvalue weighted by atomic mass is 79.9. The summed E-state index contributed by atoms with van der Waals surface area (Å²) < 4.78 is 11.8. The molecule has 1 atom stereocenters. The van der Waals surface area contributed by atoms with E-state index in [4.69, 9.17) is 9.47 Å². The molecule has 0 saturated carbocycles. The van der Waals surface area contributed by atoms with Crippen molar-refractivity contribution in [2.75, 3.05) is 31.6 Å². The van der Waals surface area contributed by atoms with E-state index in [0.717, 1.165) is 36.1 Å². The van der Waals surface area contributed by atoms with Gasteiger partial charge >= 0.3 is 0 Å². The number of benzene rings is 1. The van der Waals surface area contributed by atoms with Crippen molar-refractivity contribution < 1.29 is 14.3 Å². The molecule has 0 aromatic heterocycles. The summed E-state index contributed by atoms with van der Waals surface area (Å²) in [6.07, 6.45) is 1.97. The van der Waals surface area contributed by atoms with E-state index in [9.17, 15) is 4.79 Å². The molecule has 2 heterocycles. The first-order valence-corrected chi connectivity index (χ1v) is 7.64. The summed E-state index contributed by atoms with van der Waals surface area (Å²) in [5.41, 5.74) is 0.727. The van der Waals surface area contributed by atoms with Gasteiger partial charge in [0.15, 0.2) is 11.5 Å². The SMILES string of the molecule is O=C(Nc1cc2c(cc1Br)OCCO2)[C@@H]1CCCNC1. The van der Waals surface area contributed by atoms with E-state index in [2.05, 4.69) is 26.6 Å². The van der Waals surface area contributed by atoms with E-state index < -0.39 is 0 Å². The number of amides is 1. The lowest BCUT2D eigenvalue weighted by Gasteiger charge is -2.23. The number of piperidine rings is 1. The molecule has 1 saturated heterocycles. The molecule has 2 aliphatic heterocycles. The second-order valence-corrected chi connectivity index (χ2v) is 5.86. The zero-order chi connectivity index (χ0) is 13.9. The Balaban J connectivity index is 1.74. The zero-order valence-electron chi connectivity index (χ0n) is 11.1. The van der Waals surface area contributed by atoms with Crippen molar-refractivity contribution in [3.63, 3.8) is 0 Å².